The third-order valence-electron chi connectivity index (χ3n) is 5.96. The fourth-order valence-corrected chi connectivity index (χ4v) is 4.13. The van der Waals surface area contributed by atoms with Crippen LogP contribution in [0.1, 0.15) is 12.0 Å². The summed E-state index contributed by atoms with van der Waals surface area (Å²) < 4.78 is 22.9. The van der Waals surface area contributed by atoms with Crippen LogP contribution in [0.2, 0.25) is 0 Å². The molecule has 0 bridgehead atoms. The van der Waals surface area contributed by atoms with Crippen molar-refractivity contribution in [1.82, 2.24) is 23.6 Å². The molecule has 3 aromatic rings. The predicted molar refractivity (Wildman–Crippen MR) is 117 cm³/mol. The van der Waals surface area contributed by atoms with Gasteiger partial charge in [0, 0.05) is 27.1 Å². The third-order valence-corrected chi connectivity index (χ3v) is 5.96. The molecule has 2 atom stereocenters. The van der Waals surface area contributed by atoms with E-state index < -0.39 is 41.1 Å². The van der Waals surface area contributed by atoms with Crippen molar-refractivity contribution in [2.75, 3.05) is 13.2 Å². The van der Waals surface area contributed by atoms with Crippen molar-refractivity contribution < 1.29 is 23.8 Å². The normalized spacial score (nSPS) is 17.9. The molecule has 0 aliphatic carbocycles. The lowest BCUT2D eigenvalue weighted by atomic mass is 10.1. The summed E-state index contributed by atoms with van der Waals surface area (Å²) in [6.07, 6.45) is 0.247. The van der Waals surface area contributed by atoms with E-state index in [4.69, 9.17) is 4.74 Å². The molecule has 1 saturated heterocycles. The number of nitrogens with zero attached hydrogens (tertiary/aromatic N) is 5. The molecule has 3 heterocycles. The number of β-amino-alcohol motifs (C(OH)–C–C–N with tert-alkyl or cyclic N) is 1. The lowest BCUT2D eigenvalue weighted by molar-refractivity contribution is -0.153. The van der Waals surface area contributed by atoms with Crippen molar-refractivity contribution in [3.05, 3.63) is 62.8 Å². The molecular formula is C22H24FN5O6. The van der Waals surface area contributed by atoms with Gasteiger partial charge in [-0.1, -0.05) is 18.2 Å². The zero-order valence-corrected chi connectivity index (χ0v) is 18.7. The van der Waals surface area contributed by atoms with Gasteiger partial charge in [-0.25, -0.2) is 19.0 Å². The van der Waals surface area contributed by atoms with E-state index in [0.717, 1.165) is 4.57 Å². The second kappa shape index (κ2) is 9.21. The Kier molecular flexibility index (Phi) is 6.33. The lowest BCUT2D eigenvalue weighted by Crippen LogP contribution is -2.42. The minimum absolute atomic E-state index is 0.0124. The van der Waals surface area contributed by atoms with Gasteiger partial charge >= 0.3 is 11.7 Å². The van der Waals surface area contributed by atoms with Crippen molar-refractivity contribution in [2.24, 2.45) is 14.1 Å². The van der Waals surface area contributed by atoms with Crippen LogP contribution in [0.25, 0.3) is 11.2 Å². The van der Waals surface area contributed by atoms with E-state index in [0.29, 0.717) is 0 Å². The van der Waals surface area contributed by atoms with Gasteiger partial charge in [-0.15, -0.1) is 0 Å². The highest BCUT2D eigenvalue weighted by Gasteiger charge is 2.39. The second-order valence-corrected chi connectivity index (χ2v) is 8.20. The smallest absolute Gasteiger partial charge is 0.332 e. The summed E-state index contributed by atoms with van der Waals surface area (Å²) in [4.78, 5) is 55.3. The number of rotatable bonds is 6. The van der Waals surface area contributed by atoms with Crippen LogP contribution in [0.15, 0.2) is 40.2 Å². The number of aliphatic hydroxyl groups is 1. The number of carbonyl (C=O) groups is 2. The molecule has 1 aliphatic rings. The van der Waals surface area contributed by atoms with Crippen LogP contribution in [0.5, 0.6) is 0 Å². The van der Waals surface area contributed by atoms with Gasteiger partial charge in [-0.2, -0.15) is 0 Å². The number of aromatic nitrogens is 4. The molecule has 4 rings (SSSR count). The Labute approximate surface area is 192 Å². The van der Waals surface area contributed by atoms with Crippen molar-refractivity contribution in [3.8, 4) is 0 Å². The number of hydrogen-bond donors (Lipinski definition) is 1. The predicted octanol–water partition coefficient (Wildman–Crippen LogP) is -0.679. The van der Waals surface area contributed by atoms with E-state index in [2.05, 4.69) is 4.98 Å². The molecule has 2 aromatic heterocycles. The molecule has 1 aromatic carbocycles. The van der Waals surface area contributed by atoms with Gasteiger partial charge in [0.1, 0.15) is 18.5 Å². The van der Waals surface area contributed by atoms with Crippen molar-refractivity contribution >= 4 is 23.0 Å². The number of hydrogen-bond acceptors (Lipinski definition) is 7. The fourth-order valence-electron chi connectivity index (χ4n) is 4.13. The summed E-state index contributed by atoms with van der Waals surface area (Å²) in [6, 6.07) is 4.87. The number of fused-ring (bicyclic) bond motifs is 1. The number of aliphatic hydroxyl groups excluding tert-OH is 1. The van der Waals surface area contributed by atoms with E-state index >= 15 is 0 Å². The Morgan fingerprint density at radius 1 is 1.21 bits per heavy atom. The topological polar surface area (TPSA) is 129 Å². The lowest BCUT2D eigenvalue weighted by Gasteiger charge is -2.23. The molecule has 1 amide bonds. The second-order valence-electron chi connectivity index (χ2n) is 8.20. The average Bonchev–Trinajstić information content (AvgIpc) is 3.41. The number of imidazole rings is 1. The Balaban J connectivity index is 1.43. The molecule has 180 valence electrons. The minimum atomic E-state index is -0.998. The highest BCUT2D eigenvalue weighted by molar-refractivity contribution is 5.86. The number of esters is 1. The number of amides is 1. The Bertz CT molecular complexity index is 1380. The summed E-state index contributed by atoms with van der Waals surface area (Å²) >= 11 is 0. The number of benzene rings is 1. The molecule has 0 radical (unpaired) electrons. The zero-order chi connectivity index (χ0) is 24.6. The number of aryl methyl sites for hydroxylation is 1. The van der Waals surface area contributed by atoms with Gasteiger partial charge in [0.2, 0.25) is 5.91 Å². The van der Waals surface area contributed by atoms with E-state index in [1.165, 1.54) is 52.7 Å². The number of ether oxygens (including phenoxy) is 1. The maximum atomic E-state index is 13.9. The molecule has 12 heteroatoms. The van der Waals surface area contributed by atoms with Crippen LogP contribution in [-0.4, -0.2) is 65.9 Å². The first-order valence-electron chi connectivity index (χ1n) is 10.7. The molecule has 1 N–H and O–H groups in total. The molecule has 2 unspecified atom stereocenters. The summed E-state index contributed by atoms with van der Waals surface area (Å²) in [5.41, 5.74) is -0.425. The van der Waals surface area contributed by atoms with E-state index in [1.54, 1.807) is 6.07 Å². The molecule has 1 fully saturated rings. The molecule has 34 heavy (non-hydrogen) atoms. The van der Waals surface area contributed by atoms with Crippen LogP contribution in [0.3, 0.4) is 0 Å². The first-order valence-corrected chi connectivity index (χ1v) is 10.7. The standard InChI is InChI=1S/C22H24FN5O6/c1-25-19-18(20(31)26(2)22(25)33)27(12-24-19)7-8-34-21(32)16-10-14(29)11-28(16)17(30)9-13-5-3-4-6-15(13)23/h3-6,12,14,16,29H,7-11H2,1-2H3. The number of halogens is 1. The monoisotopic (exact) mass is 473 g/mol. The first-order chi connectivity index (χ1) is 16.2. The molecular weight excluding hydrogens is 449 g/mol. The Hall–Kier alpha value is -3.80. The summed E-state index contributed by atoms with van der Waals surface area (Å²) in [6.45, 7) is -0.0877. The highest BCUT2D eigenvalue weighted by atomic mass is 19.1. The third kappa shape index (κ3) is 4.23. The number of carbonyl (C=O) groups excluding carboxylic acids is 2. The van der Waals surface area contributed by atoms with E-state index in [9.17, 15) is 28.7 Å². The summed E-state index contributed by atoms with van der Waals surface area (Å²) in [7, 11) is 2.86. The van der Waals surface area contributed by atoms with E-state index in [-0.39, 0.29) is 49.3 Å². The summed E-state index contributed by atoms with van der Waals surface area (Å²) in [5.74, 6) is -1.72. The quantitative estimate of drug-likeness (QED) is 0.470. The Morgan fingerprint density at radius 3 is 2.68 bits per heavy atom. The van der Waals surface area contributed by atoms with Crippen LogP contribution < -0.4 is 11.2 Å². The largest absolute Gasteiger partial charge is 0.462 e. The van der Waals surface area contributed by atoms with Crippen molar-refractivity contribution in [1.29, 1.82) is 0 Å². The van der Waals surface area contributed by atoms with Gasteiger partial charge < -0.3 is 19.3 Å². The summed E-state index contributed by atoms with van der Waals surface area (Å²) in [5, 5.41) is 10.0. The van der Waals surface area contributed by atoms with Gasteiger partial charge in [0.05, 0.1) is 25.4 Å². The maximum Gasteiger partial charge on any atom is 0.332 e. The fraction of sp³-hybridized carbons (Fsp3) is 0.409. The molecule has 0 spiro atoms. The van der Waals surface area contributed by atoms with Crippen molar-refractivity contribution in [3.63, 3.8) is 0 Å². The van der Waals surface area contributed by atoms with Crippen LogP contribution in [0.4, 0.5) is 4.39 Å². The molecule has 1 aliphatic heterocycles. The van der Waals surface area contributed by atoms with Gasteiger partial charge in [-0.3, -0.25) is 18.7 Å². The van der Waals surface area contributed by atoms with E-state index in [1.807, 2.05) is 0 Å². The molecule has 0 saturated carbocycles. The highest BCUT2D eigenvalue weighted by Crippen LogP contribution is 2.21. The zero-order valence-electron chi connectivity index (χ0n) is 18.7. The maximum absolute atomic E-state index is 13.9. The van der Waals surface area contributed by atoms with Crippen molar-refractivity contribution in [2.45, 2.75) is 31.5 Å². The van der Waals surface area contributed by atoms with Gasteiger partial charge in [-0.05, 0) is 11.6 Å². The average molecular weight is 473 g/mol. The van der Waals surface area contributed by atoms with Crippen LogP contribution in [-0.2, 0) is 41.4 Å². The van der Waals surface area contributed by atoms with Gasteiger partial charge in [0.15, 0.2) is 11.2 Å². The molecule has 11 nitrogen and oxygen atoms in total. The SMILES string of the molecule is Cn1c(=O)c2c(ncn2CCOC(=O)C2CC(O)CN2C(=O)Cc2ccccc2F)n(C)c1=O. The minimum Gasteiger partial charge on any atom is -0.462 e. The Morgan fingerprint density at radius 2 is 1.94 bits per heavy atom. The van der Waals surface area contributed by atoms with Crippen LogP contribution in [0, 0.1) is 5.82 Å². The van der Waals surface area contributed by atoms with Gasteiger partial charge in [0.25, 0.3) is 5.56 Å². The number of likely N-dealkylation sites (tertiary alicyclic amines) is 1. The van der Waals surface area contributed by atoms with Crippen LogP contribution >= 0.6 is 0 Å². The first kappa shape index (κ1) is 23.4.